The molecule has 0 bridgehead atoms. The van der Waals surface area contributed by atoms with Gasteiger partial charge in [-0.15, -0.1) is 6.58 Å². The average molecular weight is 276 g/mol. The number of nitrogens with two attached hydrogens (primary N) is 1. The van der Waals surface area contributed by atoms with Crippen molar-refractivity contribution in [3.05, 3.63) is 42.0 Å². The Bertz CT molecular complexity index is 423. The number of likely N-dealkylation sites (N-methyl/N-ethyl adjacent to an activating group) is 1. The maximum absolute atomic E-state index is 6.72. The molecule has 0 aliphatic rings. The van der Waals surface area contributed by atoms with E-state index in [4.69, 9.17) is 10.5 Å². The average Bonchev–Trinajstić information content (AvgIpc) is 2.44. The van der Waals surface area contributed by atoms with E-state index in [2.05, 4.69) is 37.5 Å². The zero-order valence-corrected chi connectivity index (χ0v) is 13.3. The van der Waals surface area contributed by atoms with Gasteiger partial charge in [0.1, 0.15) is 5.75 Å². The third-order valence-electron chi connectivity index (χ3n) is 3.68. The van der Waals surface area contributed by atoms with Crippen LogP contribution in [-0.2, 0) is 5.54 Å². The fourth-order valence-electron chi connectivity index (χ4n) is 2.56. The van der Waals surface area contributed by atoms with Gasteiger partial charge in [0.05, 0.1) is 12.6 Å². The Morgan fingerprint density at radius 1 is 1.25 bits per heavy atom. The summed E-state index contributed by atoms with van der Waals surface area (Å²) in [5.41, 5.74) is 8.56. The van der Waals surface area contributed by atoms with E-state index in [9.17, 15) is 0 Å². The van der Waals surface area contributed by atoms with E-state index >= 15 is 0 Å². The first-order chi connectivity index (χ1) is 9.45. The molecule has 0 amide bonds. The second-order valence-corrected chi connectivity index (χ2v) is 5.48. The highest BCUT2D eigenvalue weighted by Crippen LogP contribution is 2.28. The van der Waals surface area contributed by atoms with Crippen LogP contribution in [0.15, 0.2) is 36.4 Å². The van der Waals surface area contributed by atoms with E-state index in [1.54, 1.807) is 7.11 Å². The minimum absolute atomic E-state index is 0.399. The molecular weight excluding hydrogens is 248 g/mol. The summed E-state index contributed by atoms with van der Waals surface area (Å²) in [5, 5.41) is 0. The Labute approximate surface area is 123 Å². The molecule has 20 heavy (non-hydrogen) atoms. The molecular formula is C17H28N2O. The molecule has 0 aliphatic heterocycles. The number of rotatable bonds is 8. The van der Waals surface area contributed by atoms with Crippen LogP contribution in [0.5, 0.6) is 5.75 Å². The third-order valence-corrected chi connectivity index (χ3v) is 3.68. The van der Waals surface area contributed by atoms with Crippen molar-refractivity contribution in [2.75, 3.05) is 26.7 Å². The van der Waals surface area contributed by atoms with Crippen LogP contribution >= 0.6 is 0 Å². The molecule has 112 valence electrons. The number of nitrogens with zero attached hydrogens (tertiary/aromatic N) is 1. The maximum atomic E-state index is 6.72. The molecule has 0 heterocycles. The molecule has 0 radical (unpaired) electrons. The molecule has 1 atom stereocenters. The fraction of sp³-hybridized carbons (Fsp3) is 0.529. The summed E-state index contributed by atoms with van der Waals surface area (Å²) < 4.78 is 5.22. The van der Waals surface area contributed by atoms with Crippen molar-refractivity contribution in [2.24, 2.45) is 5.73 Å². The molecule has 0 saturated heterocycles. The summed E-state index contributed by atoms with van der Waals surface area (Å²) in [4.78, 5) is 2.35. The lowest BCUT2D eigenvalue weighted by atomic mass is 9.84. The summed E-state index contributed by atoms with van der Waals surface area (Å²) in [6.45, 7) is 13.2. The van der Waals surface area contributed by atoms with Crippen molar-refractivity contribution in [3.63, 3.8) is 0 Å². The van der Waals surface area contributed by atoms with Gasteiger partial charge >= 0.3 is 0 Å². The minimum Gasteiger partial charge on any atom is -0.497 e. The highest BCUT2D eigenvalue weighted by Gasteiger charge is 2.29. The minimum atomic E-state index is -0.399. The van der Waals surface area contributed by atoms with Gasteiger partial charge in [0.15, 0.2) is 0 Å². The van der Waals surface area contributed by atoms with Gasteiger partial charge in [-0.05, 0) is 44.1 Å². The highest BCUT2D eigenvalue weighted by molar-refractivity contribution is 5.33. The predicted molar refractivity (Wildman–Crippen MR) is 86.1 cm³/mol. The van der Waals surface area contributed by atoms with Crippen LogP contribution in [0, 0.1) is 0 Å². The Balaban J connectivity index is 3.04. The summed E-state index contributed by atoms with van der Waals surface area (Å²) in [6, 6.07) is 8.06. The lowest BCUT2D eigenvalue weighted by Crippen LogP contribution is -2.47. The molecule has 0 fully saturated rings. The lowest BCUT2D eigenvalue weighted by Gasteiger charge is -2.35. The Morgan fingerprint density at radius 3 is 2.20 bits per heavy atom. The monoisotopic (exact) mass is 276 g/mol. The second kappa shape index (κ2) is 7.46. The maximum Gasteiger partial charge on any atom is 0.118 e. The van der Waals surface area contributed by atoms with E-state index < -0.39 is 5.54 Å². The van der Waals surface area contributed by atoms with E-state index in [-0.39, 0.29) is 0 Å². The Hall–Kier alpha value is -1.32. The quantitative estimate of drug-likeness (QED) is 0.741. The zero-order valence-electron chi connectivity index (χ0n) is 13.3. The molecule has 0 spiro atoms. The normalized spacial score (nSPS) is 14.1. The van der Waals surface area contributed by atoms with Gasteiger partial charge in [0, 0.05) is 6.54 Å². The van der Waals surface area contributed by atoms with Gasteiger partial charge < -0.3 is 15.4 Å². The zero-order chi connectivity index (χ0) is 15.2. The van der Waals surface area contributed by atoms with Crippen LogP contribution in [-0.4, -0.2) is 31.6 Å². The van der Waals surface area contributed by atoms with Crippen molar-refractivity contribution in [3.8, 4) is 5.75 Å². The van der Waals surface area contributed by atoms with Crippen molar-refractivity contribution in [1.29, 1.82) is 0 Å². The third kappa shape index (κ3) is 4.36. The van der Waals surface area contributed by atoms with E-state index in [1.165, 1.54) is 0 Å². The summed E-state index contributed by atoms with van der Waals surface area (Å²) in [6.07, 6.45) is 0.788. The van der Waals surface area contributed by atoms with Crippen molar-refractivity contribution < 1.29 is 4.74 Å². The van der Waals surface area contributed by atoms with Crippen LogP contribution in [0.4, 0.5) is 0 Å². The van der Waals surface area contributed by atoms with Gasteiger partial charge in [0.2, 0.25) is 0 Å². The van der Waals surface area contributed by atoms with Gasteiger partial charge in [0.25, 0.3) is 0 Å². The number of hydrogen-bond donors (Lipinski definition) is 1. The van der Waals surface area contributed by atoms with Gasteiger partial charge in [-0.25, -0.2) is 0 Å². The summed E-state index contributed by atoms with van der Waals surface area (Å²) >= 11 is 0. The number of methoxy groups -OCH3 is 1. The molecule has 3 nitrogen and oxygen atoms in total. The lowest BCUT2D eigenvalue weighted by molar-refractivity contribution is 0.224. The van der Waals surface area contributed by atoms with Crippen LogP contribution < -0.4 is 10.5 Å². The molecule has 1 aromatic carbocycles. The molecule has 2 N–H and O–H groups in total. The van der Waals surface area contributed by atoms with E-state index in [0.29, 0.717) is 0 Å². The number of ether oxygens (including phenoxy) is 1. The van der Waals surface area contributed by atoms with Gasteiger partial charge in [-0.1, -0.05) is 31.6 Å². The van der Waals surface area contributed by atoms with E-state index in [1.807, 2.05) is 19.1 Å². The number of benzene rings is 1. The SMILES string of the molecule is C=C(C)CC(N)(CN(CC)CC)c1ccc(OC)cc1. The molecule has 1 aromatic rings. The molecule has 1 rings (SSSR count). The molecule has 0 aromatic heterocycles. The highest BCUT2D eigenvalue weighted by atomic mass is 16.5. The fourth-order valence-corrected chi connectivity index (χ4v) is 2.56. The van der Waals surface area contributed by atoms with Crippen LogP contribution in [0.25, 0.3) is 0 Å². The molecule has 0 saturated carbocycles. The second-order valence-electron chi connectivity index (χ2n) is 5.48. The first-order valence-corrected chi connectivity index (χ1v) is 7.25. The van der Waals surface area contributed by atoms with Gasteiger partial charge in [-0.2, -0.15) is 0 Å². The predicted octanol–water partition coefficient (Wildman–Crippen LogP) is 3.16. The Morgan fingerprint density at radius 2 is 1.80 bits per heavy atom. The van der Waals surface area contributed by atoms with Crippen molar-refractivity contribution >= 4 is 0 Å². The summed E-state index contributed by atoms with van der Waals surface area (Å²) in [7, 11) is 1.68. The first-order valence-electron chi connectivity index (χ1n) is 7.25. The number of hydrogen-bond acceptors (Lipinski definition) is 3. The van der Waals surface area contributed by atoms with Crippen LogP contribution in [0.1, 0.15) is 32.8 Å². The molecule has 0 aliphatic carbocycles. The standard InChI is InChI=1S/C17H28N2O/c1-6-19(7-2)13-17(18,12-14(3)4)15-8-10-16(20-5)11-9-15/h8-11H,3,6-7,12-13,18H2,1-2,4-5H3. The van der Waals surface area contributed by atoms with Crippen molar-refractivity contribution in [2.45, 2.75) is 32.7 Å². The molecule has 1 unspecified atom stereocenters. The smallest absolute Gasteiger partial charge is 0.118 e. The van der Waals surface area contributed by atoms with Crippen LogP contribution in [0.3, 0.4) is 0 Å². The van der Waals surface area contributed by atoms with Crippen molar-refractivity contribution in [1.82, 2.24) is 4.90 Å². The largest absolute Gasteiger partial charge is 0.497 e. The Kier molecular flexibility index (Phi) is 6.24. The first kappa shape index (κ1) is 16.7. The van der Waals surface area contributed by atoms with Crippen LogP contribution in [0.2, 0.25) is 0 Å². The topological polar surface area (TPSA) is 38.5 Å². The van der Waals surface area contributed by atoms with E-state index in [0.717, 1.165) is 42.9 Å². The summed E-state index contributed by atoms with van der Waals surface area (Å²) in [5.74, 6) is 0.856. The van der Waals surface area contributed by atoms with Gasteiger partial charge in [-0.3, -0.25) is 0 Å². The molecule has 3 heteroatoms.